The average Bonchev–Trinajstić information content (AvgIpc) is 2.52. The van der Waals surface area contributed by atoms with Gasteiger partial charge >= 0.3 is 6.03 Å². The predicted octanol–water partition coefficient (Wildman–Crippen LogP) is 0.598. The van der Waals surface area contributed by atoms with Crippen LogP contribution in [-0.4, -0.2) is 19.0 Å². The summed E-state index contributed by atoms with van der Waals surface area (Å²) in [5.41, 5.74) is 5.52. The zero-order chi connectivity index (χ0) is 9.84. The van der Waals surface area contributed by atoms with E-state index < -0.39 is 5.91 Å². The Hall–Kier alpha value is -1.56. The van der Waals surface area contributed by atoms with Crippen LogP contribution in [0.5, 0.6) is 0 Å². The van der Waals surface area contributed by atoms with E-state index in [1.807, 2.05) is 0 Å². The molecule has 4 N–H and O–H groups in total. The summed E-state index contributed by atoms with van der Waals surface area (Å²) in [5, 5.41) is 6.54. The number of primary amides is 1. The molecule has 0 aliphatic heterocycles. The lowest BCUT2D eigenvalue weighted by atomic mass is 10.4. The minimum atomic E-state index is -0.540. The molecule has 0 unspecified atom stereocenters. The first kappa shape index (κ1) is 9.53. The molecule has 70 valence electrons. The molecular weight excluding hydrogens is 190 g/mol. The lowest BCUT2D eigenvalue weighted by Crippen LogP contribution is -2.25. The van der Waals surface area contributed by atoms with Crippen LogP contribution < -0.4 is 16.4 Å². The van der Waals surface area contributed by atoms with Gasteiger partial charge in [0.1, 0.15) is 4.88 Å². The number of rotatable bonds is 2. The van der Waals surface area contributed by atoms with Crippen LogP contribution in [0.1, 0.15) is 9.67 Å². The highest BCUT2D eigenvalue weighted by Gasteiger charge is 2.10. The summed E-state index contributed by atoms with van der Waals surface area (Å²) in [6.45, 7) is 0. The van der Waals surface area contributed by atoms with Crippen LogP contribution in [0.25, 0.3) is 0 Å². The van der Waals surface area contributed by atoms with Gasteiger partial charge in [-0.1, -0.05) is 0 Å². The van der Waals surface area contributed by atoms with E-state index in [9.17, 15) is 9.59 Å². The van der Waals surface area contributed by atoms with Crippen molar-refractivity contribution in [2.24, 2.45) is 5.73 Å². The van der Waals surface area contributed by atoms with Gasteiger partial charge in [0.15, 0.2) is 0 Å². The molecule has 0 radical (unpaired) electrons. The smallest absolute Gasteiger partial charge is 0.319 e. The topological polar surface area (TPSA) is 84.2 Å². The molecule has 0 aliphatic rings. The third kappa shape index (κ3) is 2.19. The van der Waals surface area contributed by atoms with E-state index in [2.05, 4.69) is 10.6 Å². The van der Waals surface area contributed by atoms with Gasteiger partial charge in [-0.15, -0.1) is 11.3 Å². The van der Waals surface area contributed by atoms with Gasteiger partial charge in [0.2, 0.25) is 0 Å². The monoisotopic (exact) mass is 199 g/mol. The predicted molar refractivity (Wildman–Crippen MR) is 50.9 cm³/mol. The van der Waals surface area contributed by atoms with Crippen LogP contribution in [0.15, 0.2) is 11.4 Å². The van der Waals surface area contributed by atoms with Crippen LogP contribution in [0.4, 0.5) is 10.5 Å². The maximum absolute atomic E-state index is 10.9. The molecule has 0 fully saturated rings. The summed E-state index contributed by atoms with van der Waals surface area (Å²) < 4.78 is 0. The van der Waals surface area contributed by atoms with Gasteiger partial charge in [-0.25, -0.2) is 4.79 Å². The van der Waals surface area contributed by atoms with Crippen molar-refractivity contribution in [1.82, 2.24) is 5.32 Å². The standard InChI is InChI=1S/C7H9N3O2S/c1-9-7(12)10-4-2-3-13-5(4)6(8)11/h2-3H,1H3,(H2,8,11)(H2,9,10,12). The van der Waals surface area contributed by atoms with Crippen LogP contribution in [0.2, 0.25) is 0 Å². The van der Waals surface area contributed by atoms with E-state index in [0.29, 0.717) is 10.6 Å². The highest BCUT2D eigenvalue weighted by molar-refractivity contribution is 7.12. The molecule has 1 rings (SSSR count). The number of nitrogens with one attached hydrogen (secondary N) is 2. The van der Waals surface area contributed by atoms with E-state index >= 15 is 0 Å². The zero-order valence-electron chi connectivity index (χ0n) is 6.96. The molecule has 0 bridgehead atoms. The van der Waals surface area contributed by atoms with Crippen LogP contribution in [-0.2, 0) is 0 Å². The molecule has 5 nitrogen and oxygen atoms in total. The Morgan fingerprint density at radius 1 is 1.54 bits per heavy atom. The molecule has 6 heteroatoms. The molecular formula is C7H9N3O2S. The van der Waals surface area contributed by atoms with Gasteiger partial charge in [0, 0.05) is 7.05 Å². The molecule has 1 heterocycles. The highest BCUT2D eigenvalue weighted by Crippen LogP contribution is 2.21. The summed E-state index contributed by atoms with van der Waals surface area (Å²) in [4.78, 5) is 22.0. The summed E-state index contributed by atoms with van der Waals surface area (Å²) in [5.74, 6) is -0.540. The van der Waals surface area contributed by atoms with Gasteiger partial charge in [0.25, 0.3) is 5.91 Å². The summed E-state index contributed by atoms with van der Waals surface area (Å²) in [6, 6.07) is 1.25. The Bertz CT molecular complexity index is 334. The normalized spacial score (nSPS) is 9.31. The first-order valence-electron chi connectivity index (χ1n) is 3.51. The van der Waals surface area contributed by atoms with E-state index in [4.69, 9.17) is 5.73 Å². The number of carbonyl (C=O) groups excluding carboxylic acids is 2. The number of hydrogen-bond acceptors (Lipinski definition) is 3. The highest BCUT2D eigenvalue weighted by atomic mass is 32.1. The maximum atomic E-state index is 10.9. The fraction of sp³-hybridized carbons (Fsp3) is 0.143. The average molecular weight is 199 g/mol. The Labute approximate surface area is 78.9 Å². The van der Waals surface area contributed by atoms with Crippen LogP contribution >= 0.6 is 11.3 Å². The molecule has 1 aromatic rings. The number of carbonyl (C=O) groups is 2. The molecule has 1 aromatic heterocycles. The fourth-order valence-electron chi connectivity index (χ4n) is 0.783. The molecule has 3 amide bonds. The van der Waals surface area contributed by atoms with Gasteiger partial charge in [0.05, 0.1) is 5.69 Å². The Kier molecular flexibility index (Phi) is 2.86. The first-order valence-corrected chi connectivity index (χ1v) is 4.39. The van der Waals surface area contributed by atoms with Gasteiger partial charge in [-0.05, 0) is 11.4 Å². The van der Waals surface area contributed by atoms with Crippen molar-refractivity contribution in [1.29, 1.82) is 0 Å². The van der Waals surface area contributed by atoms with Crippen molar-refractivity contribution in [3.63, 3.8) is 0 Å². The summed E-state index contributed by atoms with van der Waals surface area (Å²) in [7, 11) is 1.49. The Morgan fingerprint density at radius 2 is 2.23 bits per heavy atom. The summed E-state index contributed by atoms with van der Waals surface area (Å²) >= 11 is 1.19. The molecule has 0 aliphatic carbocycles. The summed E-state index contributed by atoms with van der Waals surface area (Å²) in [6.07, 6.45) is 0. The van der Waals surface area contributed by atoms with Gasteiger partial charge < -0.3 is 16.4 Å². The number of nitrogens with two attached hydrogens (primary N) is 1. The van der Waals surface area contributed by atoms with Gasteiger partial charge in [-0.3, -0.25) is 4.79 Å². The Morgan fingerprint density at radius 3 is 2.77 bits per heavy atom. The third-order valence-corrected chi connectivity index (χ3v) is 2.29. The SMILES string of the molecule is CNC(=O)Nc1ccsc1C(N)=O. The Balaban J connectivity index is 2.82. The van der Waals surface area contributed by atoms with Crippen LogP contribution in [0, 0.1) is 0 Å². The van der Waals surface area contributed by atoms with E-state index in [1.54, 1.807) is 11.4 Å². The second kappa shape index (κ2) is 3.90. The van der Waals surface area contributed by atoms with Crippen molar-refractivity contribution in [2.45, 2.75) is 0 Å². The van der Waals surface area contributed by atoms with Crippen LogP contribution in [0.3, 0.4) is 0 Å². The fourth-order valence-corrected chi connectivity index (χ4v) is 1.49. The van der Waals surface area contributed by atoms with Crippen molar-refractivity contribution in [3.8, 4) is 0 Å². The largest absolute Gasteiger partial charge is 0.365 e. The molecule has 13 heavy (non-hydrogen) atoms. The lowest BCUT2D eigenvalue weighted by Gasteiger charge is -2.02. The molecule has 0 spiro atoms. The zero-order valence-corrected chi connectivity index (χ0v) is 7.77. The minimum absolute atomic E-state index is 0.351. The van der Waals surface area contributed by atoms with Crippen molar-refractivity contribution >= 4 is 29.0 Å². The molecule has 0 saturated heterocycles. The first-order chi connectivity index (χ1) is 6.15. The molecule has 0 atom stereocenters. The quantitative estimate of drug-likeness (QED) is 0.651. The minimum Gasteiger partial charge on any atom is -0.365 e. The van der Waals surface area contributed by atoms with E-state index in [0.717, 1.165) is 0 Å². The number of urea groups is 1. The van der Waals surface area contributed by atoms with E-state index in [1.165, 1.54) is 18.4 Å². The van der Waals surface area contributed by atoms with Crippen molar-refractivity contribution < 1.29 is 9.59 Å². The number of anilines is 1. The molecule has 0 saturated carbocycles. The molecule has 0 aromatic carbocycles. The number of amides is 3. The lowest BCUT2D eigenvalue weighted by molar-refractivity contribution is 0.100. The number of thiophene rings is 1. The third-order valence-electron chi connectivity index (χ3n) is 1.36. The van der Waals surface area contributed by atoms with Crippen molar-refractivity contribution in [2.75, 3.05) is 12.4 Å². The van der Waals surface area contributed by atoms with Crippen molar-refractivity contribution in [3.05, 3.63) is 16.3 Å². The second-order valence-corrected chi connectivity index (χ2v) is 3.15. The number of hydrogen-bond donors (Lipinski definition) is 3. The second-order valence-electron chi connectivity index (χ2n) is 2.23. The van der Waals surface area contributed by atoms with Gasteiger partial charge in [-0.2, -0.15) is 0 Å². The van der Waals surface area contributed by atoms with E-state index in [-0.39, 0.29) is 6.03 Å². The maximum Gasteiger partial charge on any atom is 0.319 e.